The largest absolute Gasteiger partial charge is 0.497 e. The number of rotatable bonds is 6. The minimum Gasteiger partial charge on any atom is -0.497 e. The Morgan fingerprint density at radius 2 is 2.08 bits per heavy atom. The third-order valence-corrected chi connectivity index (χ3v) is 4.04. The van der Waals surface area contributed by atoms with Gasteiger partial charge in [-0.05, 0) is 36.2 Å². The molecule has 0 atom stereocenters. The molecule has 0 aliphatic heterocycles. The van der Waals surface area contributed by atoms with Gasteiger partial charge in [-0.25, -0.2) is 4.39 Å². The van der Waals surface area contributed by atoms with Gasteiger partial charge in [-0.2, -0.15) is 0 Å². The van der Waals surface area contributed by atoms with Crippen molar-refractivity contribution in [2.24, 2.45) is 0 Å². The van der Waals surface area contributed by atoms with Crippen LogP contribution in [-0.2, 0) is 6.54 Å². The molecule has 0 spiro atoms. The molecular formula is C20H21FN2O. The van der Waals surface area contributed by atoms with Gasteiger partial charge < -0.3 is 9.72 Å². The van der Waals surface area contributed by atoms with Crippen molar-refractivity contribution in [3.05, 3.63) is 71.7 Å². The van der Waals surface area contributed by atoms with Crippen LogP contribution >= 0.6 is 0 Å². The SMILES string of the molecule is COc1ccc(C=CCN(C)Cc2cccc3cc[nH]c23)c(F)c1. The van der Waals surface area contributed by atoms with Gasteiger partial charge in [-0.3, -0.25) is 4.90 Å². The lowest BCUT2D eigenvalue weighted by atomic mass is 10.1. The molecule has 24 heavy (non-hydrogen) atoms. The highest BCUT2D eigenvalue weighted by Crippen LogP contribution is 2.19. The van der Waals surface area contributed by atoms with Crippen LogP contribution in [0.15, 0.2) is 54.7 Å². The van der Waals surface area contributed by atoms with Crippen molar-refractivity contribution in [3.8, 4) is 5.75 Å². The Balaban J connectivity index is 1.63. The molecule has 0 saturated carbocycles. The normalized spacial score (nSPS) is 11.7. The topological polar surface area (TPSA) is 28.3 Å². The number of hydrogen-bond acceptors (Lipinski definition) is 2. The van der Waals surface area contributed by atoms with Crippen LogP contribution in [-0.4, -0.2) is 30.6 Å². The first kappa shape index (κ1) is 16.3. The van der Waals surface area contributed by atoms with Gasteiger partial charge in [-0.15, -0.1) is 0 Å². The maximum atomic E-state index is 13.9. The van der Waals surface area contributed by atoms with Crippen LogP contribution in [0.2, 0.25) is 0 Å². The molecule has 0 aliphatic rings. The molecule has 1 heterocycles. The highest BCUT2D eigenvalue weighted by Gasteiger charge is 2.05. The van der Waals surface area contributed by atoms with Crippen LogP contribution in [0.3, 0.4) is 0 Å². The molecule has 124 valence electrons. The third-order valence-electron chi connectivity index (χ3n) is 4.04. The van der Waals surface area contributed by atoms with Gasteiger partial charge in [0.2, 0.25) is 0 Å². The van der Waals surface area contributed by atoms with Gasteiger partial charge in [0.25, 0.3) is 0 Å². The van der Waals surface area contributed by atoms with Crippen LogP contribution in [0, 0.1) is 5.82 Å². The number of aromatic amines is 1. The molecule has 0 radical (unpaired) electrons. The summed E-state index contributed by atoms with van der Waals surface area (Å²) < 4.78 is 18.9. The summed E-state index contributed by atoms with van der Waals surface area (Å²) >= 11 is 0. The number of ether oxygens (including phenoxy) is 1. The average Bonchev–Trinajstić information content (AvgIpc) is 3.06. The highest BCUT2D eigenvalue weighted by molar-refractivity contribution is 5.82. The van der Waals surface area contributed by atoms with Crippen molar-refractivity contribution in [2.75, 3.05) is 20.7 Å². The number of benzene rings is 2. The molecule has 0 unspecified atom stereocenters. The van der Waals surface area contributed by atoms with E-state index in [9.17, 15) is 4.39 Å². The van der Waals surface area contributed by atoms with Gasteiger partial charge >= 0.3 is 0 Å². The molecule has 0 fully saturated rings. The lowest BCUT2D eigenvalue weighted by Crippen LogP contribution is -2.17. The maximum Gasteiger partial charge on any atom is 0.134 e. The van der Waals surface area contributed by atoms with E-state index in [0.29, 0.717) is 11.3 Å². The van der Waals surface area contributed by atoms with Crippen molar-refractivity contribution >= 4 is 17.0 Å². The Hall–Kier alpha value is -2.59. The Labute approximate surface area is 141 Å². The Kier molecular flexibility index (Phi) is 4.96. The fraction of sp³-hybridized carbons (Fsp3) is 0.200. The first-order valence-electron chi connectivity index (χ1n) is 7.91. The second-order valence-corrected chi connectivity index (χ2v) is 5.85. The molecule has 3 aromatic rings. The Morgan fingerprint density at radius 1 is 1.21 bits per heavy atom. The fourth-order valence-electron chi connectivity index (χ4n) is 2.77. The van der Waals surface area contributed by atoms with Gasteiger partial charge in [0.05, 0.1) is 7.11 Å². The van der Waals surface area contributed by atoms with Crippen LogP contribution < -0.4 is 4.74 Å². The number of H-pyrrole nitrogens is 1. The van der Waals surface area contributed by atoms with Crippen molar-refractivity contribution in [1.82, 2.24) is 9.88 Å². The summed E-state index contributed by atoms with van der Waals surface area (Å²) in [6, 6.07) is 13.3. The van der Waals surface area contributed by atoms with Crippen LogP contribution in [0.5, 0.6) is 5.75 Å². The van der Waals surface area contributed by atoms with Crippen LogP contribution in [0.4, 0.5) is 4.39 Å². The van der Waals surface area contributed by atoms with Crippen LogP contribution in [0.25, 0.3) is 17.0 Å². The molecule has 1 aromatic heterocycles. The summed E-state index contributed by atoms with van der Waals surface area (Å²) in [6.07, 6.45) is 5.74. The van der Waals surface area contributed by atoms with E-state index in [0.717, 1.165) is 13.1 Å². The van der Waals surface area contributed by atoms with Crippen molar-refractivity contribution in [1.29, 1.82) is 0 Å². The predicted molar refractivity (Wildman–Crippen MR) is 96.6 cm³/mol. The summed E-state index contributed by atoms with van der Waals surface area (Å²) in [5.41, 5.74) is 2.99. The van der Waals surface area contributed by atoms with Crippen molar-refractivity contribution < 1.29 is 9.13 Å². The first-order valence-corrected chi connectivity index (χ1v) is 7.91. The van der Waals surface area contributed by atoms with E-state index < -0.39 is 0 Å². The second kappa shape index (κ2) is 7.32. The number of para-hydroxylation sites is 1. The monoisotopic (exact) mass is 324 g/mol. The quantitative estimate of drug-likeness (QED) is 0.725. The molecule has 0 aliphatic carbocycles. The van der Waals surface area contributed by atoms with E-state index in [2.05, 4.69) is 41.2 Å². The summed E-state index contributed by atoms with van der Waals surface area (Å²) in [5.74, 6) is 0.255. The molecule has 0 bridgehead atoms. The van der Waals surface area contributed by atoms with Crippen molar-refractivity contribution in [2.45, 2.75) is 6.54 Å². The van der Waals surface area contributed by atoms with Gasteiger partial charge in [0, 0.05) is 36.4 Å². The molecule has 0 saturated heterocycles. The smallest absolute Gasteiger partial charge is 0.134 e. The highest BCUT2D eigenvalue weighted by atomic mass is 19.1. The standard InChI is InChI=1S/C20H21FN2O/c1-23(14-17-6-3-5-16-10-11-22-20(16)17)12-4-7-15-8-9-18(24-2)13-19(15)21/h3-11,13,22H,12,14H2,1-2H3. The number of hydrogen-bond donors (Lipinski definition) is 1. The van der Waals surface area contributed by atoms with Gasteiger partial charge in [-0.1, -0.05) is 30.4 Å². The minimum absolute atomic E-state index is 0.274. The van der Waals surface area contributed by atoms with Crippen LogP contribution in [0.1, 0.15) is 11.1 Å². The van der Waals surface area contributed by atoms with Crippen molar-refractivity contribution in [3.63, 3.8) is 0 Å². The maximum absolute atomic E-state index is 13.9. The fourth-order valence-corrected chi connectivity index (χ4v) is 2.77. The average molecular weight is 324 g/mol. The van der Waals surface area contributed by atoms with E-state index in [1.165, 1.54) is 29.6 Å². The lowest BCUT2D eigenvalue weighted by molar-refractivity contribution is 0.365. The molecule has 0 amide bonds. The summed E-state index contributed by atoms with van der Waals surface area (Å²) in [6.45, 7) is 1.57. The van der Waals surface area contributed by atoms with E-state index in [1.807, 2.05) is 12.3 Å². The number of nitrogens with one attached hydrogen (secondary N) is 1. The number of fused-ring (bicyclic) bond motifs is 1. The zero-order valence-corrected chi connectivity index (χ0v) is 13.9. The number of likely N-dealkylation sites (N-methyl/N-ethyl adjacent to an activating group) is 1. The number of aromatic nitrogens is 1. The molecule has 3 rings (SSSR count). The zero-order chi connectivity index (χ0) is 16.9. The second-order valence-electron chi connectivity index (χ2n) is 5.85. The summed E-state index contributed by atoms with van der Waals surface area (Å²) in [5, 5.41) is 1.22. The Bertz CT molecular complexity index is 854. The molecular weight excluding hydrogens is 303 g/mol. The predicted octanol–water partition coefficient (Wildman–Crippen LogP) is 4.46. The molecule has 2 aromatic carbocycles. The number of methoxy groups -OCH3 is 1. The lowest BCUT2D eigenvalue weighted by Gasteiger charge is -2.15. The minimum atomic E-state index is -0.274. The summed E-state index contributed by atoms with van der Waals surface area (Å²) in [4.78, 5) is 5.48. The van der Waals surface area contributed by atoms with E-state index in [-0.39, 0.29) is 5.82 Å². The zero-order valence-electron chi connectivity index (χ0n) is 13.9. The van der Waals surface area contributed by atoms with Gasteiger partial charge in [0.15, 0.2) is 0 Å². The third kappa shape index (κ3) is 3.66. The van der Waals surface area contributed by atoms with E-state index >= 15 is 0 Å². The van der Waals surface area contributed by atoms with E-state index in [4.69, 9.17) is 4.74 Å². The summed E-state index contributed by atoms with van der Waals surface area (Å²) in [7, 11) is 3.58. The first-order chi connectivity index (χ1) is 11.7. The molecule has 4 heteroatoms. The number of halogens is 1. The molecule has 3 nitrogen and oxygen atoms in total. The van der Waals surface area contributed by atoms with Gasteiger partial charge in [0.1, 0.15) is 11.6 Å². The van der Waals surface area contributed by atoms with E-state index in [1.54, 1.807) is 18.2 Å². The number of nitrogens with zero attached hydrogens (tertiary/aromatic N) is 1. The Morgan fingerprint density at radius 3 is 2.88 bits per heavy atom. The molecule has 1 N–H and O–H groups in total.